The lowest BCUT2D eigenvalue weighted by Crippen LogP contribution is -2.12. The number of fused-ring (bicyclic) bond motifs is 8. The number of aliphatic imine (C=N–C) groups is 1. The highest BCUT2D eigenvalue weighted by Gasteiger charge is 2.18. The van der Waals surface area contributed by atoms with E-state index in [4.69, 9.17) is 4.99 Å². The topological polar surface area (TPSA) is 46.1 Å². The van der Waals surface area contributed by atoms with Crippen molar-refractivity contribution in [3.05, 3.63) is 193 Å². The van der Waals surface area contributed by atoms with Crippen molar-refractivity contribution < 1.29 is 0 Å². The Morgan fingerprint density at radius 2 is 1.15 bits per heavy atom. The van der Waals surface area contributed by atoms with Gasteiger partial charge < -0.3 is 4.57 Å². The summed E-state index contributed by atoms with van der Waals surface area (Å²) in [5.74, 6) is 0.176. The zero-order chi connectivity index (χ0) is 34.6. The SMILES string of the molecule is N=C(N=C1C=CC=C/C1=C\c1ccccc1)n1c2ccccc2c2cc(-c3ccc4c(c3)c3ccc5ccccc5c3n4-c3ccccc3)ccc21. The van der Waals surface area contributed by atoms with Gasteiger partial charge in [-0.3, -0.25) is 9.98 Å². The monoisotopic (exact) mass is 664 g/mol. The molecule has 244 valence electrons. The van der Waals surface area contributed by atoms with Crippen LogP contribution in [-0.4, -0.2) is 20.8 Å². The molecular formula is C48H32N4. The lowest BCUT2D eigenvalue weighted by atomic mass is 10.00. The van der Waals surface area contributed by atoms with Gasteiger partial charge in [-0.25, -0.2) is 4.99 Å². The van der Waals surface area contributed by atoms with Crippen LogP contribution in [-0.2, 0) is 0 Å². The Morgan fingerprint density at radius 3 is 1.96 bits per heavy atom. The molecule has 4 heteroatoms. The van der Waals surface area contributed by atoms with E-state index in [9.17, 15) is 5.41 Å². The highest BCUT2D eigenvalue weighted by molar-refractivity contribution is 6.22. The second-order valence-electron chi connectivity index (χ2n) is 13.2. The van der Waals surface area contributed by atoms with E-state index in [0.717, 1.165) is 55.5 Å². The van der Waals surface area contributed by atoms with Gasteiger partial charge >= 0.3 is 0 Å². The van der Waals surface area contributed by atoms with Crippen LogP contribution < -0.4 is 0 Å². The molecule has 7 aromatic carbocycles. The van der Waals surface area contributed by atoms with Crippen LogP contribution in [0.15, 0.2) is 193 Å². The van der Waals surface area contributed by atoms with E-state index in [-0.39, 0.29) is 5.96 Å². The van der Waals surface area contributed by atoms with E-state index in [2.05, 4.69) is 144 Å². The molecule has 0 aliphatic heterocycles. The fourth-order valence-electron chi connectivity index (χ4n) is 7.79. The lowest BCUT2D eigenvalue weighted by Gasteiger charge is -2.11. The third kappa shape index (κ3) is 4.84. The lowest BCUT2D eigenvalue weighted by molar-refractivity contribution is 1.19. The summed E-state index contributed by atoms with van der Waals surface area (Å²) in [6.45, 7) is 0. The molecule has 10 rings (SSSR count). The summed E-state index contributed by atoms with van der Waals surface area (Å²) in [4.78, 5) is 4.90. The molecule has 0 radical (unpaired) electrons. The summed E-state index contributed by atoms with van der Waals surface area (Å²) < 4.78 is 4.37. The Bertz CT molecular complexity index is 3010. The van der Waals surface area contributed by atoms with Crippen molar-refractivity contribution in [3.8, 4) is 16.8 Å². The minimum Gasteiger partial charge on any atom is -0.309 e. The first-order valence-electron chi connectivity index (χ1n) is 17.6. The first kappa shape index (κ1) is 29.8. The number of allylic oxidation sites excluding steroid dienone is 5. The van der Waals surface area contributed by atoms with Gasteiger partial charge in [0.15, 0.2) is 0 Å². The van der Waals surface area contributed by atoms with Crippen molar-refractivity contribution in [2.45, 2.75) is 0 Å². The van der Waals surface area contributed by atoms with Crippen LogP contribution in [0.4, 0.5) is 0 Å². The number of hydrogen-bond donors (Lipinski definition) is 1. The molecule has 0 fully saturated rings. The molecule has 9 aromatic rings. The molecule has 2 aromatic heterocycles. The molecule has 1 N–H and O–H groups in total. The Labute approximate surface area is 300 Å². The van der Waals surface area contributed by atoms with E-state index in [1.54, 1.807) is 0 Å². The number of hydrogen-bond acceptors (Lipinski definition) is 1. The standard InChI is InChI=1S/C48H32N4/c49-48(50-43-21-11-8-16-36(43)29-32-13-3-1-4-14-32)52-44-22-12-10-20-39(44)41-30-34(25-28-46(41)52)35-24-27-45-42(31-35)40-26-23-33-15-7-9-19-38(33)47(40)51(45)37-17-5-2-6-18-37/h1-31,49H/b36-29+,49-48?,50-43?. The summed E-state index contributed by atoms with van der Waals surface area (Å²) >= 11 is 0. The Morgan fingerprint density at radius 1 is 0.519 bits per heavy atom. The molecule has 0 spiro atoms. The van der Waals surface area contributed by atoms with Crippen molar-refractivity contribution in [3.63, 3.8) is 0 Å². The third-order valence-electron chi connectivity index (χ3n) is 10.2. The minimum absolute atomic E-state index is 0.176. The number of nitrogens with zero attached hydrogens (tertiary/aromatic N) is 3. The second-order valence-corrected chi connectivity index (χ2v) is 13.2. The van der Waals surface area contributed by atoms with Crippen LogP contribution in [0.5, 0.6) is 0 Å². The van der Waals surface area contributed by atoms with Gasteiger partial charge in [0.05, 0.1) is 27.8 Å². The van der Waals surface area contributed by atoms with Gasteiger partial charge in [0.1, 0.15) is 0 Å². The van der Waals surface area contributed by atoms with Crippen LogP contribution in [0, 0.1) is 5.41 Å². The molecule has 52 heavy (non-hydrogen) atoms. The van der Waals surface area contributed by atoms with Crippen molar-refractivity contribution in [2.75, 3.05) is 0 Å². The normalized spacial score (nSPS) is 14.5. The molecule has 0 bridgehead atoms. The summed E-state index contributed by atoms with van der Waals surface area (Å²) in [6.07, 6.45) is 10.1. The van der Waals surface area contributed by atoms with E-state index in [1.807, 2.05) is 53.1 Å². The van der Waals surface area contributed by atoms with Crippen LogP contribution >= 0.6 is 0 Å². The first-order chi connectivity index (χ1) is 25.7. The number of rotatable bonds is 3. The number of para-hydroxylation sites is 2. The number of benzene rings is 7. The molecule has 0 amide bonds. The maximum atomic E-state index is 9.32. The van der Waals surface area contributed by atoms with Gasteiger partial charge in [0.25, 0.3) is 0 Å². The third-order valence-corrected chi connectivity index (χ3v) is 10.2. The number of aromatic nitrogens is 2. The average Bonchev–Trinajstić information content (AvgIpc) is 3.72. The van der Waals surface area contributed by atoms with Gasteiger partial charge in [0.2, 0.25) is 5.96 Å². The minimum atomic E-state index is 0.176. The molecule has 4 nitrogen and oxygen atoms in total. The predicted molar refractivity (Wildman–Crippen MR) is 220 cm³/mol. The zero-order valence-corrected chi connectivity index (χ0v) is 28.2. The maximum Gasteiger partial charge on any atom is 0.227 e. The average molecular weight is 665 g/mol. The van der Waals surface area contributed by atoms with E-state index < -0.39 is 0 Å². The van der Waals surface area contributed by atoms with Crippen molar-refractivity contribution in [2.24, 2.45) is 4.99 Å². The Kier molecular flexibility index (Phi) is 6.93. The predicted octanol–water partition coefficient (Wildman–Crippen LogP) is 12.1. The molecule has 0 saturated carbocycles. The summed E-state index contributed by atoms with van der Waals surface area (Å²) in [5.41, 5.74) is 10.6. The fourth-order valence-corrected chi connectivity index (χ4v) is 7.79. The first-order valence-corrected chi connectivity index (χ1v) is 17.6. The van der Waals surface area contributed by atoms with Crippen LogP contribution in [0.1, 0.15) is 5.56 Å². The quantitative estimate of drug-likeness (QED) is 0.144. The van der Waals surface area contributed by atoms with Gasteiger partial charge in [-0.15, -0.1) is 0 Å². The summed E-state index contributed by atoms with van der Waals surface area (Å²) in [6, 6.07) is 55.8. The molecule has 1 aliphatic rings. The van der Waals surface area contributed by atoms with Crippen molar-refractivity contribution in [1.29, 1.82) is 5.41 Å². The second kappa shape index (κ2) is 12.1. The van der Waals surface area contributed by atoms with Crippen LogP contribution in [0.2, 0.25) is 0 Å². The fraction of sp³-hybridized carbons (Fsp3) is 0. The molecule has 1 aliphatic carbocycles. The Balaban J connectivity index is 1.12. The van der Waals surface area contributed by atoms with E-state index in [0.29, 0.717) is 0 Å². The molecule has 0 unspecified atom stereocenters. The van der Waals surface area contributed by atoms with Gasteiger partial charge in [-0.2, -0.15) is 0 Å². The van der Waals surface area contributed by atoms with E-state index >= 15 is 0 Å². The van der Waals surface area contributed by atoms with Crippen molar-refractivity contribution >= 4 is 72.1 Å². The van der Waals surface area contributed by atoms with Gasteiger partial charge in [-0.1, -0.05) is 133 Å². The van der Waals surface area contributed by atoms with Crippen LogP contribution in [0.25, 0.3) is 77.3 Å². The highest BCUT2D eigenvalue weighted by atomic mass is 15.1. The van der Waals surface area contributed by atoms with Gasteiger partial charge in [-0.05, 0) is 76.7 Å². The molecule has 0 atom stereocenters. The van der Waals surface area contributed by atoms with Gasteiger partial charge in [0, 0.05) is 38.2 Å². The maximum absolute atomic E-state index is 9.32. The number of nitrogens with one attached hydrogen (secondary N) is 1. The highest BCUT2D eigenvalue weighted by Crippen LogP contribution is 2.39. The van der Waals surface area contributed by atoms with Crippen molar-refractivity contribution in [1.82, 2.24) is 9.13 Å². The summed E-state index contributed by atoms with van der Waals surface area (Å²) in [7, 11) is 0. The van der Waals surface area contributed by atoms with Crippen LogP contribution in [0.3, 0.4) is 0 Å². The summed E-state index contributed by atoms with van der Waals surface area (Å²) in [5, 5.41) is 16.4. The zero-order valence-electron chi connectivity index (χ0n) is 28.2. The van der Waals surface area contributed by atoms with E-state index in [1.165, 1.54) is 32.6 Å². The molecular weight excluding hydrogens is 633 g/mol. The molecule has 0 saturated heterocycles. The molecule has 2 heterocycles. The smallest absolute Gasteiger partial charge is 0.227 e. The Hall–Kier alpha value is -7.04. The largest absolute Gasteiger partial charge is 0.309 e.